The summed E-state index contributed by atoms with van der Waals surface area (Å²) in [7, 11) is -26.9. The Kier molecular flexibility index (Phi) is 42.0. The maximum atomic E-state index is 8.55. The quantitative estimate of drug-likeness (QED) is 0.225. The molecule has 0 spiro atoms. The fraction of sp³-hybridized carbons (Fsp3) is 0. The first-order valence-electron chi connectivity index (χ1n) is 3.65. The normalized spacial score (nSPS) is 10.5. The van der Waals surface area contributed by atoms with Crippen LogP contribution in [0.4, 0.5) is 0 Å². The summed E-state index contributed by atoms with van der Waals surface area (Å²) < 4.78 is 42.7. The Morgan fingerprint density at radius 1 is 0.250 bits per heavy atom. The topological polar surface area (TPSA) is 431 Å². The minimum atomic E-state index is -5.39. The predicted molar refractivity (Wildman–Crippen MR) is 38.0 cm³/mol. The van der Waals surface area contributed by atoms with Gasteiger partial charge < -0.3 is 96.2 Å². The smallest absolute Gasteiger partial charge is 0.822 e. The molecule has 0 unspecified atom stereocenters. The minimum Gasteiger partial charge on any atom is -0.822 e. The van der Waals surface area contributed by atoms with Gasteiger partial charge in [0.25, 0.3) is 0 Å². The summed E-state index contributed by atoms with van der Waals surface area (Å²) in [5.74, 6) is 0. The number of hydrogen-bond donors (Lipinski definition) is 0. The van der Waals surface area contributed by atoms with Crippen molar-refractivity contribution < 1.29 is 152 Å². The zero-order valence-electron chi connectivity index (χ0n) is 11.7. The molecule has 0 N–H and O–H groups in total. The van der Waals surface area contributed by atoms with Gasteiger partial charge in [0, 0.05) is 0 Å². The standard InChI is InChI=1S/5H3O4P.3V/c5*1-5(2,3)4;;;/h5*(H3,1,2,3,4);;;/q;;;;;3*+5/p-15. The van der Waals surface area contributed by atoms with Crippen molar-refractivity contribution in [3.05, 3.63) is 0 Å². The van der Waals surface area contributed by atoms with E-state index >= 15 is 0 Å². The van der Waals surface area contributed by atoms with Crippen LogP contribution in [0.3, 0.4) is 0 Å². The maximum absolute atomic E-state index is 8.55. The van der Waals surface area contributed by atoms with Crippen LogP contribution < -0.4 is 73.4 Å². The summed E-state index contributed by atoms with van der Waals surface area (Å²) in [4.78, 5) is 128. The van der Waals surface area contributed by atoms with Gasteiger partial charge in [-0.05, 0) is 0 Å². The van der Waals surface area contributed by atoms with E-state index < -0.39 is 39.1 Å². The second kappa shape index (κ2) is 22.5. The number of rotatable bonds is 0. The van der Waals surface area contributed by atoms with E-state index in [0.29, 0.717) is 0 Å². The van der Waals surface area contributed by atoms with Crippen LogP contribution in [0.2, 0.25) is 0 Å². The average molecular weight is 628 g/mol. The molecule has 0 aromatic carbocycles. The van der Waals surface area contributed by atoms with E-state index in [9.17, 15) is 0 Å². The van der Waals surface area contributed by atoms with Crippen LogP contribution in [-0.4, -0.2) is 0 Å². The van der Waals surface area contributed by atoms with E-state index in [0.717, 1.165) is 0 Å². The second-order valence-electron chi connectivity index (χ2n) is 2.24. The SMILES string of the molecule is O=P([O-])([O-])[O-].O=P([O-])([O-])[O-].O=P([O-])([O-])[O-].O=P([O-])([O-])[O-].O=P([O-])([O-])[O-].[V+5].[V+5].[V+5]. The van der Waals surface area contributed by atoms with E-state index in [2.05, 4.69) is 0 Å². The molecule has 0 heterocycles. The first-order chi connectivity index (χ1) is 10.0. The summed E-state index contributed by atoms with van der Waals surface area (Å²) >= 11 is 0. The van der Waals surface area contributed by atoms with Crippen molar-refractivity contribution in [1.82, 2.24) is 0 Å². The number of phosphoric acid groups is 5. The van der Waals surface area contributed by atoms with Gasteiger partial charge in [-0.2, -0.15) is 39.1 Å². The summed E-state index contributed by atoms with van der Waals surface area (Å²) in [6, 6.07) is 0. The van der Waals surface area contributed by atoms with Crippen molar-refractivity contribution >= 4 is 39.1 Å². The predicted octanol–water partition coefficient (Wildman–Crippen LogP) is -14.1. The third-order valence-corrected chi connectivity index (χ3v) is 0. The van der Waals surface area contributed by atoms with Crippen molar-refractivity contribution in [2.75, 3.05) is 0 Å². The van der Waals surface area contributed by atoms with E-state index in [4.69, 9.17) is 96.2 Å². The van der Waals surface area contributed by atoms with Crippen LogP contribution >= 0.6 is 39.1 Å². The van der Waals surface area contributed by atoms with Crippen LogP contribution in [0.1, 0.15) is 0 Å². The van der Waals surface area contributed by atoms with Gasteiger partial charge in [-0.1, -0.05) is 0 Å². The Hall–Kier alpha value is 2.30. The Morgan fingerprint density at radius 3 is 0.250 bits per heavy atom. The monoisotopic (exact) mass is 628 g/mol. The molecule has 0 saturated carbocycles. The van der Waals surface area contributed by atoms with E-state index in [1.807, 2.05) is 0 Å². The molecule has 28 heteroatoms. The molecular formula is O20P5V3. The summed E-state index contributed by atoms with van der Waals surface area (Å²) in [6.07, 6.45) is 0. The molecular weight excluding hydrogens is 628 g/mol. The third-order valence-electron chi connectivity index (χ3n) is 0. The van der Waals surface area contributed by atoms with Gasteiger partial charge in [-0.15, -0.1) is 0 Å². The van der Waals surface area contributed by atoms with Crippen LogP contribution in [0.25, 0.3) is 0 Å². The van der Waals surface area contributed by atoms with Gasteiger partial charge in [0.05, 0.1) is 0 Å². The average Bonchev–Trinajstić information content (AvgIpc) is 1.79. The molecule has 0 aliphatic carbocycles. The third kappa shape index (κ3) is 3980. The Balaban J connectivity index is -0.0000000290. The summed E-state index contributed by atoms with van der Waals surface area (Å²) in [6.45, 7) is 0. The van der Waals surface area contributed by atoms with Gasteiger partial charge in [0.1, 0.15) is 0 Å². The zero-order chi connectivity index (χ0) is 22.5. The van der Waals surface area contributed by atoms with Crippen LogP contribution in [0.15, 0.2) is 0 Å². The minimum absolute atomic E-state index is 0. The maximum Gasteiger partial charge on any atom is 5.00 e. The number of hydrogen-bond acceptors (Lipinski definition) is 20. The van der Waals surface area contributed by atoms with Crippen molar-refractivity contribution in [3.8, 4) is 0 Å². The largest absolute Gasteiger partial charge is 5.00 e. The van der Waals surface area contributed by atoms with Crippen LogP contribution in [0, 0.1) is 0 Å². The van der Waals surface area contributed by atoms with Crippen molar-refractivity contribution in [2.45, 2.75) is 0 Å². The molecule has 0 radical (unpaired) electrons. The first-order valence-corrected chi connectivity index (χ1v) is 11.0. The van der Waals surface area contributed by atoms with E-state index in [-0.39, 0.29) is 55.7 Å². The molecule has 0 aliphatic heterocycles. The van der Waals surface area contributed by atoms with Gasteiger partial charge >= 0.3 is 55.7 Å². The molecule has 28 heavy (non-hydrogen) atoms. The van der Waals surface area contributed by atoms with Crippen molar-refractivity contribution in [2.24, 2.45) is 0 Å². The Labute approximate surface area is 190 Å². The van der Waals surface area contributed by atoms with Gasteiger partial charge in [0.2, 0.25) is 0 Å². The fourth-order valence-corrected chi connectivity index (χ4v) is 0. The molecule has 160 valence electrons. The molecule has 0 rings (SSSR count). The fourth-order valence-electron chi connectivity index (χ4n) is 0. The van der Waals surface area contributed by atoms with Crippen molar-refractivity contribution in [1.29, 1.82) is 0 Å². The second-order valence-corrected chi connectivity index (χ2v) is 6.71. The molecule has 0 aliphatic rings. The van der Waals surface area contributed by atoms with Gasteiger partial charge in [-0.3, -0.25) is 0 Å². The van der Waals surface area contributed by atoms with Crippen LogP contribution in [-0.2, 0) is 78.5 Å². The summed E-state index contributed by atoms with van der Waals surface area (Å²) in [5.41, 5.74) is 0. The van der Waals surface area contributed by atoms with E-state index in [1.54, 1.807) is 0 Å². The Morgan fingerprint density at radius 2 is 0.250 bits per heavy atom. The van der Waals surface area contributed by atoms with E-state index in [1.165, 1.54) is 0 Å². The first kappa shape index (κ1) is 52.3. The van der Waals surface area contributed by atoms with Crippen LogP contribution in [0.5, 0.6) is 0 Å². The molecule has 0 aromatic rings. The van der Waals surface area contributed by atoms with Gasteiger partial charge in [-0.25, -0.2) is 0 Å². The summed E-state index contributed by atoms with van der Waals surface area (Å²) in [5, 5.41) is 0. The molecule has 0 fully saturated rings. The molecule has 0 atom stereocenters. The van der Waals surface area contributed by atoms with Gasteiger partial charge in [0.15, 0.2) is 0 Å². The molecule has 0 amide bonds. The molecule has 20 nitrogen and oxygen atoms in total. The molecule has 0 aromatic heterocycles. The van der Waals surface area contributed by atoms with Crippen molar-refractivity contribution in [3.63, 3.8) is 0 Å². The molecule has 0 saturated heterocycles. The molecule has 0 bridgehead atoms. The zero-order valence-corrected chi connectivity index (χ0v) is 20.4. The Bertz CT molecular complexity index is 379.